The summed E-state index contributed by atoms with van der Waals surface area (Å²) in [4.78, 5) is 34.8. The van der Waals surface area contributed by atoms with Crippen molar-refractivity contribution < 1.29 is 14.4 Å². The summed E-state index contributed by atoms with van der Waals surface area (Å²) in [5.74, 6) is -1.01. The molecule has 1 saturated heterocycles. The van der Waals surface area contributed by atoms with E-state index in [9.17, 15) is 14.4 Å². The maximum absolute atomic E-state index is 11.9. The van der Waals surface area contributed by atoms with Crippen LogP contribution in [0, 0.1) is 11.3 Å². The molecule has 94 valence electrons. The summed E-state index contributed by atoms with van der Waals surface area (Å²) in [5, 5.41) is 4.36. The van der Waals surface area contributed by atoms with Gasteiger partial charge in [0.15, 0.2) is 0 Å². The quantitative estimate of drug-likeness (QED) is 0.567. The van der Waals surface area contributed by atoms with Gasteiger partial charge in [0.1, 0.15) is 5.41 Å². The third-order valence-corrected chi connectivity index (χ3v) is 3.39. The topological polar surface area (TPSA) is 75.3 Å². The molecule has 0 aromatic heterocycles. The molecule has 0 aliphatic carbocycles. The molecule has 4 amide bonds. The molecule has 0 saturated carbocycles. The van der Waals surface area contributed by atoms with Gasteiger partial charge in [-0.3, -0.25) is 20.2 Å². The van der Waals surface area contributed by atoms with Crippen molar-refractivity contribution >= 4 is 55.6 Å². The number of barbiturate groups is 1. The van der Waals surface area contributed by atoms with Crippen LogP contribution in [0.2, 0.25) is 0 Å². The first-order valence-corrected chi connectivity index (χ1v) is 5.65. The Kier molecular flexibility index (Phi) is 6.66. The third-order valence-electron chi connectivity index (χ3n) is 3.39. The molecule has 1 heterocycles. The predicted molar refractivity (Wildman–Crippen MR) is 67.0 cm³/mol. The molecule has 1 fully saturated rings. The van der Waals surface area contributed by atoms with Crippen molar-refractivity contribution in [1.82, 2.24) is 10.6 Å². The summed E-state index contributed by atoms with van der Waals surface area (Å²) in [6, 6.07) is -0.720. The minimum absolute atomic E-state index is 0. The van der Waals surface area contributed by atoms with Gasteiger partial charge in [-0.2, -0.15) is 0 Å². The third kappa shape index (κ3) is 3.01. The van der Waals surface area contributed by atoms with Crippen LogP contribution in [0.5, 0.6) is 0 Å². The van der Waals surface area contributed by atoms with Crippen molar-refractivity contribution in [2.45, 2.75) is 40.0 Å². The second-order valence-corrected chi connectivity index (χ2v) is 4.25. The number of hydrogen-bond acceptors (Lipinski definition) is 3. The van der Waals surface area contributed by atoms with Crippen LogP contribution in [-0.4, -0.2) is 55.6 Å². The van der Waals surface area contributed by atoms with Crippen molar-refractivity contribution in [3.63, 3.8) is 0 Å². The molecular weight excluding hydrogens is 248 g/mol. The van der Waals surface area contributed by atoms with Crippen LogP contribution >= 0.6 is 0 Å². The van der Waals surface area contributed by atoms with E-state index >= 15 is 0 Å². The Bertz CT molecular complexity index is 311. The van der Waals surface area contributed by atoms with E-state index in [1.807, 2.05) is 13.8 Å². The Morgan fingerprint density at radius 1 is 1.12 bits per heavy atom. The van der Waals surface area contributed by atoms with Crippen molar-refractivity contribution in [1.29, 1.82) is 0 Å². The number of carbonyl (C=O) groups is 3. The van der Waals surface area contributed by atoms with Crippen LogP contribution in [0.15, 0.2) is 0 Å². The molecule has 1 aliphatic rings. The zero-order valence-corrected chi connectivity index (χ0v) is 9.92. The van der Waals surface area contributed by atoms with Crippen LogP contribution in [0.4, 0.5) is 4.79 Å². The first-order chi connectivity index (χ1) is 7.48. The summed E-state index contributed by atoms with van der Waals surface area (Å²) < 4.78 is 0. The van der Waals surface area contributed by atoms with E-state index in [0.29, 0.717) is 6.42 Å². The van der Waals surface area contributed by atoms with Crippen LogP contribution in [0.3, 0.4) is 0 Å². The minimum atomic E-state index is -1.09. The molecule has 1 rings (SSSR count). The molecule has 17 heavy (non-hydrogen) atoms. The Morgan fingerprint density at radius 3 is 1.94 bits per heavy atom. The fourth-order valence-corrected chi connectivity index (χ4v) is 2.36. The van der Waals surface area contributed by atoms with Gasteiger partial charge in [-0.15, -0.1) is 0 Å². The number of carbonyl (C=O) groups excluding carboxylic acids is 3. The predicted octanol–water partition coefficient (Wildman–Crippen LogP) is 0.269. The molecule has 0 unspecified atom stereocenters. The van der Waals surface area contributed by atoms with E-state index in [0.717, 1.165) is 12.8 Å². The van der Waals surface area contributed by atoms with Gasteiger partial charge < -0.3 is 0 Å². The molecular formula is C11H20CaN2O3. The summed E-state index contributed by atoms with van der Waals surface area (Å²) in [7, 11) is 0. The second kappa shape index (κ2) is 6.71. The summed E-state index contributed by atoms with van der Waals surface area (Å²) in [5.41, 5.74) is -1.09. The first-order valence-electron chi connectivity index (χ1n) is 5.65. The van der Waals surface area contributed by atoms with Gasteiger partial charge in [0.2, 0.25) is 11.8 Å². The Labute approximate surface area is 131 Å². The zero-order valence-electron chi connectivity index (χ0n) is 9.92. The van der Waals surface area contributed by atoms with Crippen LogP contribution < -0.4 is 10.6 Å². The van der Waals surface area contributed by atoms with Crippen LogP contribution in [-0.2, 0) is 9.59 Å². The molecule has 0 aromatic rings. The fourth-order valence-electron chi connectivity index (χ4n) is 2.36. The van der Waals surface area contributed by atoms with Crippen LogP contribution in [0.25, 0.3) is 0 Å². The van der Waals surface area contributed by atoms with E-state index in [-0.39, 0.29) is 43.7 Å². The molecule has 0 aromatic carbocycles. The fraction of sp³-hybridized carbons (Fsp3) is 0.727. The van der Waals surface area contributed by atoms with E-state index in [2.05, 4.69) is 10.6 Å². The standard InChI is InChI=1S/C11H18N2O3.Ca.2H/c1-4-6-7(3)11(5-2)8(14)12-10(16)13-9(11)15;;;/h7H,4-6H2,1-3H3,(H2,12,13,14,15,16);;;/t7-;;;/m1.../s1. The molecule has 1 aliphatic heterocycles. The van der Waals surface area contributed by atoms with Gasteiger partial charge >= 0.3 is 43.8 Å². The monoisotopic (exact) mass is 268 g/mol. The number of rotatable bonds is 4. The first kappa shape index (κ1) is 16.9. The molecule has 1 atom stereocenters. The van der Waals surface area contributed by atoms with E-state index < -0.39 is 23.3 Å². The number of imide groups is 2. The Morgan fingerprint density at radius 2 is 1.59 bits per heavy atom. The molecule has 6 heteroatoms. The van der Waals surface area contributed by atoms with Crippen molar-refractivity contribution in [2.75, 3.05) is 0 Å². The molecule has 0 spiro atoms. The van der Waals surface area contributed by atoms with Gasteiger partial charge in [0.25, 0.3) is 0 Å². The van der Waals surface area contributed by atoms with Gasteiger partial charge in [-0.25, -0.2) is 4.79 Å². The molecule has 0 bridgehead atoms. The Hall–Kier alpha value is -0.130. The van der Waals surface area contributed by atoms with E-state index in [1.54, 1.807) is 6.92 Å². The van der Waals surface area contributed by atoms with Crippen molar-refractivity contribution in [2.24, 2.45) is 11.3 Å². The number of nitrogens with one attached hydrogen (secondary N) is 2. The average molecular weight is 268 g/mol. The van der Waals surface area contributed by atoms with Crippen LogP contribution in [0.1, 0.15) is 40.0 Å². The normalized spacial score (nSPS) is 20.1. The van der Waals surface area contributed by atoms with Gasteiger partial charge in [0.05, 0.1) is 0 Å². The SMILES string of the molecule is CCC[C@@H](C)C1(CC)C(=O)NC(=O)NC1=O.[CaH2]. The number of amides is 4. The molecule has 5 nitrogen and oxygen atoms in total. The zero-order chi connectivity index (χ0) is 12.3. The Balaban J connectivity index is 0.00000256. The second-order valence-electron chi connectivity index (χ2n) is 4.25. The summed E-state index contributed by atoms with van der Waals surface area (Å²) in [6.07, 6.45) is 2.08. The summed E-state index contributed by atoms with van der Waals surface area (Å²) >= 11 is 0. The molecule has 2 N–H and O–H groups in total. The summed E-state index contributed by atoms with van der Waals surface area (Å²) in [6.45, 7) is 5.67. The van der Waals surface area contributed by atoms with Crippen molar-refractivity contribution in [3.05, 3.63) is 0 Å². The maximum atomic E-state index is 11.9. The van der Waals surface area contributed by atoms with Gasteiger partial charge in [-0.05, 0) is 18.8 Å². The van der Waals surface area contributed by atoms with E-state index in [4.69, 9.17) is 0 Å². The van der Waals surface area contributed by atoms with Gasteiger partial charge in [-0.1, -0.05) is 27.2 Å². The van der Waals surface area contributed by atoms with E-state index in [1.165, 1.54) is 0 Å². The average Bonchev–Trinajstić information content (AvgIpc) is 2.18. The molecule has 0 radical (unpaired) electrons. The number of urea groups is 1. The number of hydrogen-bond donors (Lipinski definition) is 2. The van der Waals surface area contributed by atoms with Gasteiger partial charge in [0, 0.05) is 0 Å². The van der Waals surface area contributed by atoms with Crippen molar-refractivity contribution in [3.8, 4) is 0 Å².